The van der Waals surface area contributed by atoms with E-state index in [2.05, 4.69) is 4.18 Å². The van der Waals surface area contributed by atoms with Gasteiger partial charge < -0.3 is 13.8 Å². The number of amides is 1. The van der Waals surface area contributed by atoms with E-state index in [1.54, 1.807) is 11.0 Å². The first kappa shape index (κ1) is 15.1. The van der Waals surface area contributed by atoms with Gasteiger partial charge in [0.25, 0.3) is 0 Å². The highest BCUT2D eigenvalue weighted by atomic mass is 32.2. The maximum absolute atomic E-state index is 12.2. The average Bonchev–Trinajstić information content (AvgIpc) is 2.45. The van der Waals surface area contributed by atoms with Gasteiger partial charge in [-0.1, -0.05) is 19.3 Å². The second-order valence-corrected chi connectivity index (χ2v) is 6.79. The van der Waals surface area contributed by atoms with Crippen molar-refractivity contribution in [3.8, 4) is 11.5 Å². The molecule has 1 saturated carbocycles. The van der Waals surface area contributed by atoms with E-state index in [1.165, 1.54) is 18.6 Å². The predicted octanol–water partition coefficient (Wildman–Crippen LogP) is 1.92. The molecule has 0 bridgehead atoms. The van der Waals surface area contributed by atoms with Gasteiger partial charge in [-0.25, -0.2) is 4.79 Å². The van der Waals surface area contributed by atoms with Gasteiger partial charge in [0.1, 0.15) is 11.5 Å². The number of hydrogen-bond donors (Lipinski definition) is 1. The smallest absolute Gasteiger partial charge is 0.410 e. The second kappa shape index (κ2) is 5.77. The highest BCUT2D eigenvalue weighted by Crippen LogP contribution is 2.33. The Morgan fingerprint density at radius 1 is 1.23 bits per heavy atom. The molecule has 1 aliphatic carbocycles. The third-order valence-corrected chi connectivity index (χ3v) is 4.46. The molecule has 0 unspecified atom stereocenters. The summed E-state index contributed by atoms with van der Waals surface area (Å²) in [6.07, 6.45) is 5.07. The molecular weight excluding hydrogens is 308 g/mol. The van der Waals surface area contributed by atoms with Gasteiger partial charge in [-0.3, -0.25) is 0 Å². The molecule has 120 valence electrons. The number of nitrogens with two attached hydrogens (primary N) is 1. The number of rotatable bonds is 3. The number of carbonyl (C=O) groups is 1. The summed E-state index contributed by atoms with van der Waals surface area (Å²) in [4.78, 5) is 13.9. The standard InChI is InChI=1S/C14H18N2O5S/c15-22(18,19)21-12-7-6-10-9-16(11-4-2-1-3-5-11)14(17)20-13(10)8-12/h6-8,11H,1-5,9H2,(H2,15,18,19). The molecule has 3 rings (SSSR count). The van der Waals surface area contributed by atoms with E-state index >= 15 is 0 Å². The van der Waals surface area contributed by atoms with Crippen molar-refractivity contribution in [2.75, 3.05) is 0 Å². The summed E-state index contributed by atoms with van der Waals surface area (Å²) in [5.41, 5.74) is 0.826. The van der Waals surface area contributed by atoms with Crippen LogP contribution in [0, 0.1) is 0 Å². The van der Waals surface area contributed by atoms with Crippen LogP contribution in [-0.2, 0) is 16.8 Å². The molecule has 1 aromatic carbocycles. The van der Waals surface area contributed by atoms with Crippen LogP contribution >= 0.6 is 0 Å². The molecule has 0 aromatic heterocycles. The zero-order chi connectivity index (χ0) is 15.7. The lowest BCUT2D eigenvalue weighted by molar-refractivity contribution is 0.102. The number of ether oxygens (including phenoxy) is 1. The fourth-order valence-corrected chi connectivity index (χ4v) is 3.39. The number of benzene rings is 1. The van der Waals surface area contributed by atoms with Gasteiger partial charge in [0, 0.05) is 17.7 Å². The van der Waals surface area contributed by atoms with Gasteiger partial charge >= 0.3 is 16.4 Å². The summed E-state index contributed by atoms with van der Waals surface area (Å²) in [7, 11) is -4.10. The van der Waals surface area contributed by atoms with Crippen LogP contribution in [0.25, 0.3) is 0 Å². The molecule has 2 N–H and O–H groups in total. The highest BCUT2D eigenvalue weighted by Gasteiger charge is 2.32. The summed E-state index contributed by atoms with van der Waals surface area (Å²) in [6.45, 7) is 0.467. The monoisotopic (exact) mass is 326 g/mol. The van der Waals surface area contributed by atoms with Crippen molar-refractivity contribution in [3.05, 3.63) is 23.8 Å². The Morgan fingerprint density at radius 3 is 2.64 bits per heavy atom. The molecular formula is C14H18N2O5S. The highest BCUT2D eigenvalue weighted by molar-refractivity contribution is 7.84. The van der Waals surface area contributed by atoms with Gasteiger partial charge in [0.2, 0.25) is 0 Å². The van der Waals surface area contributed by atoms with Gasteiger partial charge in [-0.05, 0) is 25.0 Å². The van der Waals surface area contributed by atoms with Crippen LogP contribution in [0.15, 0.2) is 18.2 Å². The van der Waals surface area contributed by atoms with Crippen molar-refractivity contribution < 1.29 is 22.1 Å². The molecule has 1 aromatic rings. The lowest BCUT2D eigenvalue weighted by Crippen LogP contribution is -2.44. The number of hydrogen-bond acceptors (Lipinski definition) is 5. The van der Waals surface area contributed by atoms with Crippen molar-refractivity contribution in [1.82, 2.24) is 4.90 Å². The van der Waals surface area contributed by atoms with E-state index in [0.29, 0.717) is 12.3 Å². The summed E-state index contributed by atoms with van der Waals surface area (Å²) in [6, 6.07) is 4.78. The summed E-state index contributed by atoms with van der Waals surface area (Å²) >= 11 is 0. The van der Waals surface area contributed by atoms with Crippen molar-refractivity contribution in [1.29, 1.82) is 0 Å². The van der Waals surface area contributed by atoms with Gasteiger partial charge in [-0.15, -0.1) is 0 Å². The molecule has 22 heavy (non-hydrogen) atoms. The Balaban J connectivity index is 1.80. The SMILES string of the molecule is NS(=O)(=O)Oc1ccc2c(c1)OC(=O)N(C1CCCCC1)C2. The molecule has 2 aliphatic rings. The second-order valence-electron chi connectivity index (χ2n) is 5.63. The molecule has 0 spiro atoms. The molecule has 7 nitrogen and oxygen atoms in total. The normalized spacial score (nSPS) is 19.5. The van der Waals surface area contributed by atoms with Gasteiger partial charge in [0.15, 0.2) is 0 Å². The van der Waals surface area contributed by atoms with Gasteiger partial charge in [-0.2, -0.15) is 13.6 Å². The van der Waals surface area contributed by atoms with Crippen molar-refractivity contribution >= 4 is 16.4 Å². The topological polar surface area (TPSA) is 98.9 Å². The lowest BCUT2D eigenvalue weighted by Gasteiger charge is -2.36. The first-order chi connectivity index (χ1) is 10.4. The van der Waals surface area contributed by atoms with Gasteiger partial charge in [0.05, 0.1) is 6.54 Å². The molecule has 1 heterocycles. The first-order valence-electron chi connectivity index (χ1n) is 7.26. The lowest BCUT2D eigenvalue weighted by atomic mass is 9.94. The van der Waals surface area contributed by atoms with Crippen LogP contribution in [0.1, 0.15) is 37.7 Å². The average molecular weight is 326 g/mol. The van der Waals surface area contributed by atoms with E-state index in [4.69, 9.17) is 9.88 Å². The van der Waals surface area contributed by atoms with E-state index in [9.17, 15) is 13.2 Å². The number of fused-ring (bicyclic) bond motifs is 1. The summed E-state index contributed by atoms with van der Waals surface area (Å²) in [5, 5.41) is 4.82. The van der Waals surface area contributed by atoms with Crippen LogP contribution in [0.4, 0.5) is 4.79 Å². The summed E-state index contributed by atoms with van der Waals surface area (Å²) < 4.78 is 31.8. The van der Waals surface area contributed by atoms with Crippen LogP contribution in [0.5, 0.6) is 11.5 Å². The van der Waals surface area contributed by atoms with Crippen molar-refractivity contribution in [2.24, 2.45) is 5.14 Å². The van der Waals surface area contributed by atoms with E-state index in [1.807, 2.05) is 0 Å². The van der Waals surface area contributed by atoms with E-state index in [-0.39, 0.29) is 11.8 Å². The molecule has 1 fully saturated rings. The minimum atomic E-state index is -4.10. The fourth-order valence-electron chi connectivity index (χ4n) is 3.02. The van der Waals surface area contributed by atoms with Crippen LogP contribution in [-0.4, -0.2) is 25.5 Å². The fraction of sp³-hybridized carbons (Fsp3) is 0.500. The Labute approximate surface area is 129 Å². The minimum absolute atomic E-state index is 0.0279. The number of carbonyl (C=O) groups excluding carboxylic acids is 1. The maximum atomic E-state index is 12.2. The molecule has 0 saturated heterocycles. The van der Waals surface area contributed by atoms with E-state index in [0.717, 1.165) is 31.2 Å². The Kier molecular flexibility index (Phi) is 3.96. The summed E-state index contributed by atoms with van der Waals surface area (Å²) in [5.74, 6) is 0.346. The van der Waals surface area contributed by atoms with Crippen LogP contribution < -0.4 is 14.1 Å². The maximum Gasteiger partial charge on any atom is 0.415 e. The zero-order valence-electron chi connectivity index (χ0n) is 12.0. The third kappa shape index (κ3) is 3.33. The predicted molar refractivity (Wildman–Crippen MR) is 78.6 cm³/mol. The Bertz CT molecular complexity index is 682. The molecule has 1 amide bonds. The molecule has 0 radical (unpaired) electrons. The Morgan fingerprint density at radius 2 is 1.95 bits per heavy atom. The molecule has 8 heteroatoms. The third-order valence-electron chi connectivity index (χ3n) is 4.04. The largest absolute Gasteiger partial charge is 0.415 e. The molecule has 0 atom stereocenters. The quantitative estimate of drug-likeness (QED) is 0.915. The minimum Gasteiger partial charge on any atom is -0.410 e. The van der Waals surface area contributed by atoms with Crippen LogP contribution in [0.3, 0.4) is 0 Å². The van der Waals surface area contributed by atoms with Crippen molar-refractivity contribution in [3.63, 3.8) is 0 Å². The first-order valence-corrected chi connectivity index (χ1v) is 8.73. The number of nitrogens with zero attached hydrogens (tertiary/aromatic N) is 1. The zero-order valence-corrected chi connectivity index (χ0v) is 12.8. The van der Waals surface area contributed by atoms with Crippen molar-refractivity contribution in [2.45, 2.75) is 44.7 Å². The Hall–Kier alpha value is -1.80. The van der Waals surface area contributed by atoms with Crippen LogP contribution in [0.2, 0.25) is 0 Å². The molecule has 1 aliphatic heterocycles. The van der Waals surface area contributed by atoms with E-state index < -0.39 is 16.4 Å².